The maximum atomic E-state index is 12.5. The summed E-state index contributed by atoms with van der Waals surface area (Å²) in [4.78, 5) is 36.7. The van der Waals surface area contributed by atoms with Crippen LogP contribution in [0.4, 0.5) is 0 Å². The number of nitrogens with zero attached hydrogens (tertiary/aromatic N) is 1. The molecule has 3 rings (SSSR count). The number of fused-ring (bicyclic) bond motifs is 1. The fourth-order valence-electron chi connectivity index (χ4n) is 2.46. The highest BCUT2D eigenvalue weighted by Crippen LogP contribution is 2.28. The van der Waals surface area contributed by atoms with E-state index in [1.54, 1.807) is 12.1 Å². The molecule has 6 nitrogen and oxygen atoms in total. The maximum absolute atomic E-state index is 12.5. The molecule has 0 aromatic heterocycles. The average molecular weight is 275 g/mol. The Labute approximate surface area is 118 Å². The normalized spacial score (nSPS) is 25.9. The van der Waals surface area contributed by atoms with E-state index in [1.807, 2.05) is 0 Å². The molecule has 1 aromatic rings. The van der Waals surface area contributed by atoms with Gasteiger partial charge in [-0.05, 0) is 23.6 Å². The standard InChI is InChI=1S/C14H15N3O3/c15-6-8-1-2-10-9(5-8)7-17(14(10)20)11-3-4-12(18)16-13(11)19/h1-2,5,11H,3-4,6-7,15H2,(H,16,18,19)/i7D2. The van der Waals surface area contributed by atoms with E-state index in [-0.39, 0.29) is 30.5 Å². The van der Waals surface area contributed by atoms with Crippen molar-refractivity contribution in [1.29, 1.82) is 0 Å². The van der Waals surface area contributed by atoms with Gasteiger partial charge in [-0.2, -0.15) is 0 Å². The van der Waals surface area contributed by atoms with Gasteiger partial charge in [0.1, 0.15) is 6.04 Å². The smallest absolute Gasteiger partial charge is 0.255 e. The van der Waals surface area contributed by atoms with Crippen LogP contribution in [0, 0.1) is 0 Å². The minimum Gasteiger partial charge on any atom is -0.326 e. The summed E-state index contributed by atoms with van der Waals surface area (Å²) in [7, 11) is 0. The van der Waals surface area contributed by atoms with Crippen LogP contribution in [0.15, 0.2) is 18.2 Å². The summed E-state index contributed by atoms with van der Waals surface area (Å²) in [5, 5.41) is 2.16. The highest BCUT2D eigenvalue weighted by Gasteiger charge is 2.38. The van der Waals surface area contributed by atoms with Gasteiger partial charge in [0.25, 0.3) is 5.91 Å². The monoisotopic (exact) mass is 275 g/mol. The van der Waals surface area contributed by atoms with Gasteiger partial charge in [0, 0.05) is 25.0 Å². The summed E-state index contributed by atoms with van der Waals surface area (Å²) in [6.07, 6.45) is 0.203. The molecular weight excluding hydrogens is 258 g/mol. The molecule has 0 radical (unpaired) electrons. The fourth-order valence-corrected chi connectivity index (χ4v) is 2.46. The van der Waals surface area contributed by atoms with E-state index in [1.165, 1.54) is 6.07 Å². The van der Waals surface area contributed by atoms with Gasteiger partial charge in [-0.1, -0.05) is 12.1 Å². The molecule has 0 aliphatic carbocycles. The van der Waals surface area contributed by atoms with Gasteiger partial charge < -0.3 is 10.6 Å². The molecule has 2 aliphatic rings. The predicted molar refractivity (Wildman–Crippen MR) is 70.4 cm³/mol. The third-order valence-corrected chi connectivity index (χ3v) is 3.53. The van der Waals surface area contributed by atoms with Crippen LogP contribution < -0.4 is 11.1 Å². The van der Waals surface area contributed by atoms with Crippen molar-refractivity contribution in [2.75, 3.05) is 0 Å². The molecule has 1 unspecified atom stereocenters. The number of piperidine rings is 1. The third-order valence-electron chi connectivity index (χ3n) is 3.53. The Hall–Kier alpha value is -2.21. The Balaban J connectivity index is 2.02. The van der Waals surface area contributed by atoms with E-state index < -0.39 is 30.3 Å². The fraction of sp³-hybridized carbons (Fsp3) is 0.357. The number of hydrogen-bond donors (Lipinski definition) is 2. The van der Waals surface area contributed by atoms with Crippen LogP contribution in [0.5, 0.6) is 0 Å². The molecule has 1 saturated heterocycles. The summed E-state index contributed by atoms with van der Waals surface area (Å²) < 4.78 is 16.5. The molecule has 104 valence electrons. The lowest BCUT2D eigenvalue weighted by Gasteiger charge is -2.29. The van der Waals surface area contributed by atoms with Crippen LogP contribution >= 0.6 is 0 Å². The molecule has 0 spiro atoms. The van der Waals surface area contributed by atoms with Crippen molar-refractivity contribution in [3.63, 3.8) is 0 Å². The second-order valence-electron chi connectivity index (χ2n) is 4.84. The Morgan fingerprint density at radius 1 is 1.40 bits per heavy atom. The molecular formula is C14H15N3O3. The summed E-state index contributed by atoms with van der Waals surface area (Å²) in [6, 6.07) is 3.76. The second kappa shape index (κ2) is 4.72. The average Bonchev–Trinajstić information content (AvgIpc) is 2.67. The summed E-state index contributed by atoms with van der Waals surface area (Å²) in [5.41, 5.74) is 6.71. The summed E-state index contributed by atoms with van der Waals surface area (Å²) >= 11 is 0. The van der Waals surface area contributed by atoms with Gasteiger partial charge in [-0.15, -0.1) is 0 Å². The van der Waals surface area contributed by atoms with Gasteiger partial charge in [0.2, 0.25) is 11.8 Å². The summed E-state index contributed by atoms with van der Waals surface area (Å²) in [6.45, 7) is -1.88. The van der Waals surface area contributed by atoms with Crippen LogP contribution in [0.3, 0.4) is 0 Å². The number of carbonyl (C=O) groups is 3. The number of amides is 3. The number of carbonyl (C=O) groups excluding carboxylic acids is 3. The molecule has 3 amide bonds. The van der Waals surface area contributed by atoms with Crippen LogP contribution in [0.1, 0.15) is 37.1 Å². The highest BCUT2D eigenvalue weighted by molar-refractivity contribution is 6.05. The minimum atomic E-state index is -2.11. The van der Waals surface area contributed by atoms with Crippen molar-refractivity contribution in [1.82, 2.24) is 10.2 Å². The van der Waals surface area contributed by atoms with Crippen molar-refractivity contribution >= 4 is 17.7 Å². The van der Waals surface area contributed by atoms with Gasteiger partial charge in [0.05, 0.1) is 2.74 Å². The number of rotatable bonds is 2. The van der Waals surface area contributed by atoms with E-state index >= 15 is 0 Å². The lowest BCUT2D eigenvalue weighted by molar-refractivity contribution is -0.136. The van der Waals surface area contributed by atoms with Gasteiger partial charge >= 0.3 is 0 Å². The van der Waals surface area contributed by atoms with Crippen LogP contribution in [-0.2, 0) is 22.6 Å². The van der Waals surface area contributed by atoms with Crippen molar-refractivity contribution in [2.24, 2.45) is 5.73 Å². The van der Waals surface area contributed by atoms with E-state index in [0.29, 0.717) is 5.56 Å². The molecule has 3 N–H and O–H groups in total. The maximum Gasteiger partial charge on any atom is 0.255 e. The Morgan fingerprint density at radius 3 is 2.90 bits per heavy atom. The molecule has 6 heteroatoms. The zero-order chi connectivity index (χ0) is 16.1. The van der Waals surface area contributed by atoms with Gasteiger partial charge in [-0.25, -0.2) is 0 Å². The number of imide groups is 1. The van der Waals surface area contributed by atoms with Crippen molar-refractivity contribution < 1.29 is 17.1 Å². The molecule has 1 aromatic carbocycles. The molecule has 0 saturated carbocycles. The van der Waals surface area contributed by atoms with Crippen molar-refractivity contribution in [2.45, 2.75) is 31.9 Å². The molecule has 1 fully saturated rings. The molecule has 2 aliphatic heterocycles. The van der Waals surface area contributed by atoms with Crippen LogP contribution in [0.2, 0.25) is 0 Å². The van der Waals surface area contributed by atoms with Crippen molar-refractivity contribution in [3.8, 4) is 0 Å². The van der Waals surface area contributed by atoms with Crippen molar-refractivity contribution in [3.05, 3.63) is 34.9 Å². The number of benzene rings is 1. The summed E-state index contributed by atoms with van der Waals surface area (Å²) in [5.74, 6) is -1.59. The Morgan fingerprint density at radius 2 is 2.20 bits per heavy atom. The Kier molecular flexibility index (Phi) is 2.49. The number of nitrogens with two attached hydrogens (primary N) is 1. The molecule has 2 heterocycles. The minimum absolute atomic E-state index is 0.0840. The third kappa shape index (κ3) is 1.98. The first-order chi connectivity index (χ1) is 10.4. The van der Waals surface area contributed by atoms with Crippen LogP contribution in [-0.4, -0.2) is 28.7 Å². The predicted octanol–water partition coefficient (Wildman–Crippen LogP) is -0.0937. The van der Waals surface area contributed by atoms with E-state index in [2.05, 4.69) is 5.32 Å². The Bertz CT molecular complexity index is 690. The van der Waals surface area contributed by atoms with E-state index in [4.69, 9.17) is 8.48 Å². The zero-order valence-electron chi connectivity index (χ0n) is 12.7. The molecule has 0 bridgehead atoms. The quantitative estimate of drug-likeness (QED) is 0.738. The van der Waals surface area contributed by atoms with Gasteiger partial charge in [0.15, 0.2) is 0 Å². The first kappa shape index (κ1) is 10.6. The second-order valence-corrected chi connectivity index (χ2v) is 4.84. The first-order valence-corrected chi connectivity index (χ1v) is 6.37. The van der Waals surface area contributed by atoms with E-state index in [9.17, 15) is 14.4 Å². The lowest BCUT2D eigenvalue weighted by Crippen LogP contribution is -2.52. The number of nitrogens with one attached hydrogen (secondary N) is 1. The number of hydrogen-bond acceptors (Lipinski definition) is 4. The molecule has 1 atom stereocenters. The SMILES string of the molecule is [2H]C1([2H])c2cc(CN)ccc2C(=O)N1C1CCC(=O)NC1=O. The highest BCUT2D eigenvalue weighted by atomic mass is 16.2. The van der Waals surface area contributed by atoms with E-state index in [0.717, 1.165) is 4.90 Å². The largest absolute Gasteiger partial charge is 0.326 e. The first-order valence-electron chi connectivity index (χ1n) is 7.37. The zero-order valence-corrected chi connectivity index (χ0v) is 10.7. The molecule has 20 heavy (non-hydrogen) atoms. The lowest BCUT2D eigenvalue weighted by atomic mass is 10.0. The van der Waals surface area contributed by atoms with Gasteiger partial charge in [-0.3, -0.25) is 19.7 Å². The van der Waals surface area contributed by atoms with Crippen LogP contribution in [0.25, 0.3) is 0 Å². The topological polar surface area (TPSA) is 92.5 Å².